The Balaban J connectivity index is 2.22. The van der Waals surface area contributed by atoms with E-state index in [-0.39, 0.29) is 6.61 Å². The first kappa shape index (κ1) is 10.7. The van der Waals surface area contributed by atoms with E-state index in [1.807, 2.05) is 6.20 Å². The van der Waals surface area contributed by atoms with Crippen LogP contribution < -0.4 is 0 Å². The second-order valence-electron chi connectivity index (χ2n) is 4.36. The second-order valence-corrected chi connectivity index (χ2v) is 4.36. The molecule has 0 saturated heterocycles. The van der Waals surface area contributed by atoms with E-state index in [0.717, 1.165) is 12.0 Å². The summed E-state index contributed by atoms with van der Waals surface area (Å²) in [6.45, 7) is 2.26. The molecule has 1 aliphatic carbocycles. The third kappa shape index (κ3) is 2.07. The van der Waals surface area contributed by atoms with Gasteiger partial charge in [-0.15, -0.1) is 0 Å². The van der Waals surface area contributed by atoms with Gasteiger partial charge in [0.05, 0.1) is 18.8 Å². The molecule has 3 heteroatoms. The predicted molar refractivity (Wildman–Crippen MR) is 59.6 cm³/mol. The smallest absolute Gasteiger partial charge is 0.0715 e. The summed E-state index contributed by atoms with van der Waals surface area (Å²) in [7, 11) is 0. The van der Waals surface area contributed by atoms with Crippen molar-refractivity contribution in [3.8, 4) is 0 Å². The van der Waals surface area contributed by atoms with Crippen LogP contribution in [0.4, 0.5) is 0 Å². The van der Waals surface area contributed by atoms with E-state index in [4.69, 9.17) is 0 Å². The van der Waals surface area contributed by atoms with Gasteiger partial charge in [-0.3, -0.25) is 4.68 Å². The van der Waals surface area contributed by atoms with Crippen LogP contribution in [0.2, 0.25) is 0 Å². The van der Waals surface area contributed by atoms with Crippen molar-refractivity contribution in [3.05, 3.63) is 17.5 Å². The molecule has 0 amide bonds. The standard InChI is InChI=1S/C12H20N2O/c1-2-12-10(9-15)8-13-14(12)11-6-4-3-5-7-11/h8,11,15H,2-7,9H2,1H3. The van der Waals surface area contributed by atoms with Crippen LogP contribution in [0.3, 0.4) is 0 Å². The lowest BCUT2D eigenvalue weighted by molar-refractivity contribution is 0.278. The number of nitrogens with zero attached hydrogens (tertiary/aromatic N) is 2. The SMILES string of the molecule is CCc1c(CO)cnn1C1CCCCC1. The lowest BCUT2D eigenvalue weighted by Gasteiger charge is -2.24. The second kappa shape index (κ2) is 4.79. The van der Waals surface area contributed by atoms with E-state index in [0.29, 0.717) is 6.04 Å². The molecule has 84 valence electrons. The van der Waals surface area contributed by atoms with Crippen molar-refractivity contribution in [2.75, 3.05) is 0 Å². The molecular formula is C12H20N2O. The van der Waals surface area contributed by atoms with Crippen LogP contribution in [0.15, 0.2) is 6.20 Å². The number of rotatable bonds is 3. The van der Waals surface area contributed by atoms with Crippen molar-refractivity contribution in [2.24, 2.45) is 0 Å². The zero-order valence-corrected chi connectivity index (χ0v) is 9.45. The summed E-state index contributed by atoms with van der Waals surface area (Å²) < 4.78 is 2.16. The molecule has 1 aliphatic rings. The number of aliphatic hydroxyl groups excluding tert-OH is 1. The van der Waals surface area contributed by atoms with Gasteiger partial charge in [0.1, 0.15) is 0 Å². The van der Waals surface area contributed by atoms with Gasteiger partial charge in [-0.1, -0.05) is 26.2 Å². The molecule has 0 aromatic carbocycles. The zero-order valence-electron chi connectivity index (χ0n) is 9.45. The molecule has 1 saturated carbocycles. The molecule has 0 bridgehead atoms. The fourth-order valence-corrected chi connectivity index (χ4v) is 2.58. The highest BCUT2D eigenvalue weighted by Gasteiger charge is 2.19. The molecule has 3 nitrogen and oxygen atoms in total. The summed E-state index contributed by atoms with van der Waals surface area (Å²) in [6.07, 6.45) is 9.30. The van der Waals surface area contributed by atoms with E-state index in [2.05, 4.69) is 16.7 Å². The van der Waals surface area contributed by atoms with Crippen molar-refractivity contribution in [2.45, 2.75) is 58.1 Å². The first-order valence-electron chi connectivity index (χ1n) is 6.03. The molecule has 1 aromatic heterocycles. The van der Waals surface area contributed by atoms with Crippen LogP contribution in [0.5, 0.6) is 0 Å². The largest absolute Gasteiger partial charge is 0.392 e. The van der Waals surface area contributed by atoms with Gasteiger partial charge in [0.25, 0.3) is 0 Å². The summed E-state index contributed by atoms with van der Waals surface area (Å²) in [5, 5.41) is 13.6. The van der Waals surface area contributed by atoms with E-state index >= 15 is 0 Å². The average Bonchev–Trinajstić information content (AvgIpc) is 2.72. The summed E-state index contributed by atoms with van der Waals surface area (Å²) in [4.78, 5) is 0. The van der Waals surface area contributed by atoms with Gasteiger partial charge in [0, 0.05) is 11.3 Å². The number of aromatic nitrogens is 2. The Morgan fingerprint density at radius 1 is 1.40 bits per heavy atom. The Bertz CT molecular complexity index is 313. The summed E-state index contributed by atoms with van der Waals surface area (Å²) in [5.74, 6) is 0. The number of aliphatic hydroxyl groups is 1. The van der Waals surface area contributed by atoms with Gasteiger partial charge < -0.3 is 5.11 Å². The maximum Gasteiger partial charge on any atom is 0.0715 e. The van der Waals surface area contributed by atoms with Crippen molar-refractivity contribution in [3.63, 3.8) is 0 Å². The van der Waals surface area contributed by atoms with Crippen molar-refractivity contribution in [1.29, 1.82) is 0 Å². The Morgan fingerprint density at radius 2 is 2.13 bits per heavy atom. The maximum absolute atomic E-state index is 9.21. The minimum Gasteiger partial charge on any atom is -0.392 e. The number of hydrogen-bond donors (Lipinski definition) is 1. The summed E-state index contributed by atoms with van der Waals surface area (Å²) >= 11 is 0. The quantitative estimate of drug-likeness (QED) is 0.828. The highest BCUT2D eigenvalue weighted by molar-refractivity contribution is 5.17. The van der Waals surface area contributed by atoms with E-state index in [1.54, 1.807) is 0 Å². The minimum atomic E-state index is 0.121. The number of hydrogen-bond acceptors (Lipinski definition) is 2. The van der Waals surface area contributed by atoms with Gasteiger partial charge in [-0.05, 0) is 19.3 Å². The third-order valence-corrected chi connectivity index (χ3v) is 3.41. The molecule has 1 fully saturated rings. The molecular weight excluding hydrogens is 188 g/mol. The third-order valence-electron chi connectivity index (χ3n) is 3.41. The highest BCUT2D eigenvalue weighted by atomic mass is 16.3. The van der Waals surface area contributed by atoms with Crippen LogP contribution >= 0.6 is 0 Å². The van der Waals surface area contributed by atoms with Crippen LogP contribution in [0, 0.1) is 0 Å². The van der Waals surface area contributed by atoms with Crippen LogP contribution in [0.25, 0.3) is 0 Å². The van der Waals surface area contributed by atoms with Crippen molar-refractivity contribution >= 4 is 0 Å². The Morgan fingerprint density at radius 3 is 2.73 bits per heavy atom. The van der Waals surface area contributed by atoms with Gasteiger partial charge in [-0.25, -0.2) is 0 Å². The molecule has 0 spiro atoms. The Labute approximate surface area is 91.1 Å². The fourth-order valence-electron chi connectivity index (χ4n) is 2.58. The highest BCUT2D eigenvalue weighted by Crippen LogP contribution is 2.29. The Hall–Kier alpha value is -0.830. The van der Waals surface area contributed by atoms with Crippen LogP contribution in [0.1, 0.15) is 56.3 Å². The zero-order chi connectivity index (χ0) is 10.7. The predicted octanol–water partition coefficient (Wildman–Crippen LogP) is 2.44. The first-order valence-corrected chi connectivity index (χ1v) is 6.03. The molecule has 0 atom stereocenters. The van der Waals surface area contributed by atoms with Gasteiger partial charge in [0.2, 0.25) is 0 Å². The molecule has 1 N–H and O–H groups in total. The topological polar surface area (TPSA) is 38.1 Å². The monoisotopic (exact) mass is 208 g/mol. The molecule has 1 aromatic rings. The molecule has 0 unspecified atom stereocenters. The Kier molecular flexibility index (Phi) is 3.41. The average molecular weight is 208 g/mol. The van der Waals surface area contributed by atoms with Gasteiger partial charge >= 0.3 is 0 Å². The van der Waals surface area contributed by atoms with Crippen LogP contribution in [-0.4, -0.2) is 14.9 Å². The van der Waals surface area contributed by atoms with E-state index in [1.165, 1.54) is 37.8 Å². The van der Waals surface area contributed by atoms with E-state index < -0.39 is 0 Å². The summed E-state index contributed by atoms with van der Waals surface area (Å²) in [5.41, 5.74) is 2.23. The van der Waals surface area contributed by atoms with Gasteiger partial charge in [0.15, 0.2) is 0 Å². The molecule has 1 heterocycles. The van der Waals surface area contributed by atoms with Crippen molar-refractivity contribution < 1.29 is 5.11 Å². The summed E-state index contributed by atoms with van der Waals surface area (Å²) in [6, 6.07) is 0.578. The lowest BCUT2D eigenvalue weighted by atomic mass is 9.95. The lowest BCUT2D eigenvalue weighted by Crippen LogP contribution is -2.16. The minimum absolute atomic E-state index is 0.121. The normalized spacial score (nSPS) is 18.3. The van der Waals surface area contributed by atoms with E-state index in [9.17, 15) is 5.11 Å². The van der Waals surface area contributed by atoms with Crippen molar-refractivity contribution in [1.82, 2.24) is 9.78 Å². The molecule has 0 radical (unpaired) electrons. The molecule has 0 aliphatic heterocycles. The molecule has 2 rings (SSSR count). The van der Waals surface area contributed by atoms with Gasteiger partial charge in [-0.2, -0.15) is 5.10 Å². The first-order chi connectivity index (χ1) is 7.36. The maximum atomic E-state index is 9.21. The fraction of sp³-hybridized carbons (Fsp3) is 0.750. The van der Waals surface area contributed by atoms with Crippen LogP contribution in [-0.2, 0) is 13.0 Å². The molecule has 15 heavy (non-hydrogen) atoms.